The fourth-order valence-corrected chi connectivity index (χ4v) is 0.764. The number of rotatable bonds is 3. The van der Waals surface area contributed by atoms with Crippen LogP contribution < -0.4 is 0 Å². The highest BCUT2D eigenvalue weighted by molar-refractivity contribution is 4.86. The average molecular weight is 126 g/mol. The normalized spacial score (nSPS) is 13.2. The van der Waals surface area contributed by atoms with Gasteiger partial charge in [0.25, 0.3) is 0 Å². The van der Waals surface area contributed by atoms with Crippen molar-refractivity contribution in [1.82, 2.24) is 0 Å². The molecule has 0 aromatic rings. The molecule has 0 radical (unpaired) electrons. The Kier molecular flexibility index (Phi) is 4.17. The van der Waals surface area contributed by atoms with Gasteiger partial charge in [-0.2, -0.15) is 0 Å². The Morgan fingerprint density at radius 3 is 2.44 bits per heavy atom. The van der Waals surface area contributed by atoms with E-state index in [0.29, 0.717) is 12.3 Å². The second kappa shape index (κ2) is 4.40. The molecule has 0 aliphatic heterocycles. The molecule has 0 saturated carbocycles. The minimum absolute atomic E-state index is 0.296. The first kappa shape index (κ1) is 8.52. The SMILES string of the molecule is C#CC[C@@H](O)CC(C)C. The van der Waals surface area contributed by atoms with Crippen LogP contribution in [0, 0.1) is 18.3 Å². The Morgan fingerprint density at radius 2 is 2.11 bits per heavy atom. The lowest BCUT2D eigenvalue weighted by molar-refractivity contribution is 0.154. The smallest absolute Gasteiger partial charge is 0.0651 e. The topological polar surface area (TPSA) is 20.2 Å². The first-order chi connectivity index (χ1) is 4.16. The van der Waals surface area contributed by atoms with Gasteiger partial charge in [-0.25, -0.2) is 0 Å². The summed E-state index contributed by atoms with van der Waals surface area (Å²) in [4.78, 5) is 0. The van der Waals surface area contributed by atoms with Gasteiger partial charge < -0.3 is 5.11 Å². The molecule has 0 fully saturated rings. The van der Waals surface area contributed by atoms with Crippen LogP contribution in [0.5, 0.6) is 0 Å². The van der Waals surface area contributed by atoms with Crippen molar-refractivity contribution in [3.05, 3.63) is 0 Å². The van der Waals surface area contributed by atoms with E-state index in [4.69, 9.17) is 11.5 Å². The van der Waals surface area contributed by atoms with E-state index in [0.717, 1.165) is 6.42 Å². The number of aliphatic hydroxyl groups excluding tert-OH is 1. The summed E-state index contributed by atoms with van der Waals surface area (Å²) in [7, 11) is 0. The van der Waals surface area contributed by atoms with Crippen molar-refractivity contribution >= 4 is 0 Å². The molecule has 0 aromatic carbocycles. The molecule has 0 bridgehead atoms. The Bertz CT molecular complexity index is 99.6. The van der Waals surface area contributed by atoms with Gasteiger partial charge in [0.1, 0.15) is 0 Å². The molecule has 1 heteroatoms. The number of hydrogen-bond acceptors (Lipinski definition) is 1. The summed E-state index contributed by atoms with van der Waals surface area (Å²) in [6.45, 7) is 4.14. The Hall–Kier alpha value is -0.480. The van der Waals surface area contributed by atoms with Crippen molar-refractivity contribution in [3.8, 4) is 12.3 Å². The minimum Gasteiger partial charge on any atom is -0.392 e. The fourth-order valence-electron chi connectivity index (χ4n) is 0.764. The van der Waals surface area contributed by atoms with Crippen molar-refractivity contribution in [2.24, 2.45) is 5.92 Å². The lowest BCUT2D eigenvalue weighted by atomic mass is 10.0. The molecule has 0 aromatic heterocycles. The maximum Gasteiger partial charge on any atom is 0.0651 e. The number of terminal acetylenes is 1. The van der Waals surface area contributed by atoms with E-state index < -0.39 is 0 Å². The molecule has 1 nitrogen and oxygen atoms in total. The van der Waals surface area contributed by atoms with Crippen molar-refractivity contribution < 1.29 is 5.11 Å². The molecule has 0 aliphatic rings. The first-order valence-corrected chi connectivity index (χ1v) is 3.28. The maximum atomic E-state index is 9.08. The zero-order valence-corrected chi connectivity index (χ0v) is 6.09. The monoisotopic (exact) mass is 126 g/mol. The highest BCUT2D eigenvalue weighted by Crippen LogP contribution is 2.05. The van der Waals surface area contributed by atoms with Gasteiger partial charge in [-0.1, -0.05) is 13.8 Å². The second-order valence-corrected chi connectivity index (χ2v) is 2.69. The van der Waals surface area contributed by atoms with Gasteiger partial charge in [-0.05, 0) is 12.3 Å². The van der Waals surface area contributed by atoms with E-state index in [1.807, 2.05) is 0 Å². The summed E-state index contributed by atoms with van der Waals surface area (Å²) in [5.41, 5.74) is 0. The van der Waals surface area contributed by atoms with Gasteiger partial charge >= 0.3 is 0 Å². The van der Waals surface area contributed by atoms with E-state index in [1.165, 1.54) is 0 Å². The van der Waals surface area contributed by atoms with Gasteiger partial charge in [0.15, 0.2) is 0 Å². The van der Waals surface area contributed by atoms with Gasteiger partial charge in [-0.15, -0.1) is 12.3 Å². The van der Waals surface area contributed by atoms with Gasteiger partial charge in [-0.3, -0.25) is 0 Å². The van der Waals surface area contributed by atoms with Crippen LogP contribution in [0.15, 0.2) is 0 Å². The molecule has 0 aliphatic carbocycles. The largest absolute Gasteiger partial charge is 0.392 e. The van der Waals surface area contributed by atoms with Crippen LogP contribution in [0.3, 0.4) is 0 Å². The first-order valence-electron chi connectivity index (χ1n) is 3.28. The molecule has 0 heterocycles. The van der Waals surface area contributed by atoms with Crippen LogP contribution in [0.25, 0.3) is 0 Å². The zero-order valence-electron chi connectivity index (χ0n) is 6.09. The third-order valence-electron chi connectivity index (χ3n) is 1.10. The minimum atomic E-state index is -0.296. The van der Waals surface area contributed by atoms with Crippen LogP contribution in [-0.2, 0) is 0 Å². The van der Waals surface area contributed by atoms with Crippen molar-refractivity contribution in [2.75, 3.05) is 0 Å². The van der Waals surface area contributed by atoms with E-state index in [9.17, 15) is 0 Å². The molecule has 1 N–H and O–H groups in total. The summed E-state index contributed by atoms with van der Waals surface area (Å²) in [5.74, 6) is 2.96. The van der Waals surface area contributed by atoms with Crippen molar-refractivity contribution in [3.63, 3.8) is 0 Å². The van der Waals surface area contributed by atoms with Crippen molar-refractivity contribution in [2.45, 2.75) is 32.8 Å². The van der Waals surface area contributed by atoms with Gasteiger partial charge in [0, 0.05) is 6.42 Å². The number of hydrogen-bond donors (Lipinski definition) is 1. The molecular formula is C8H14O. The van der Waals surface area contributed by atoms with E-state index in [2.05, 4.69) is 19.8 Å². The fraction of sp³-hybridized carbons (Fsp3) is 0.750. The molecule has 9 heavy (non-hydrogen) atoms. The Labute approximate surface area is 57.1 Å². The Balaban J connectivity index is 3.29. The third-order valence-corrected chi connectivity index (χ3v) is 1.10. The van der Waals surface area contributed by atoms with E-state index in [-0.39, 0.29) is 6.10 Å². The number of aliphatic hydroxyl groups is 1. The maximum absolute atomic E-state index is 9.08. The summed E-state index contributed by atoms with van der Waals surface area (Å²) >= 11 is 0. The van der Waals surface area contributed by atoms with E-state index >= 15 is 0 Å². The summed E-state index contributed by atoms with van der Waals surface area (Å²) < 4.78 is 0. The van der Waals surface area contributed by atoms with Crippen LogP contribution in [0.1, 0.15) is 26.7 Å². The van der Waals surface area contributed by atoms with Crippen LogP contribution in [-0.4, -0.2) is 11.2 Å². The molecule has 0 unspecified atom stereocenters. The molecular weight excluding hydrogens is 112 g/mol. The lowest BCUT2D eigenvalue weighted by Gasteiger charge is -2.08. The predicted octanol–water partition coefficient (Wildman–Crippen LogP) is 1.42. The van der Waals surface area contributed by atoms with Crippen LogP contribution in [0.2, 0.25) is 0 Å². The van der Waals surface area contributed by atoms with Gasteiger partial charge in [0.05, 0.1) is 6.10 Å². The Morgan fingerprint density at radius 1 is 1.56 bits per heavy atom. The average Bonchev–Trinajstić information content (AvgIpc) is 1.63. The molecule has 52 valence electrons. The molecule has 0 saturated heterocycles. The van der Waals surface area contributed by atoms with Gasteiger partial charge in [0.2, 0.25) is 0 Å². The molecule has 0 spiro atoms. The standard InChI is InChI=1S/C8H14O/c1-4-5-8(9)6-7(2)3/h1,7-9H,5-6H2,2-3H3/t8-/m1/s1. The second-order valence-electron chi connectivity index (χ2n) is 2.69. The summed E-state index contributed by atoms with van der Waals surface area (Å²) in [6.07, 6.45) is 5.99. The third kappa shape index (κ3) is 5.39. The summed E-state index contributed by atoms with van der Waals surface area (Å²) in [5, 5.41) is 9.08. The molecule has 1 atom stereocenters. The highest BCUT2D eigenvalue weighted by atomic mass is 16.3. The highest BCUT2D eigenvalue weighted by Gasteiger charge is 2.03. The summed E-state index contributed by atoms with van der Waals surface area (Å²) in [6, 6.07) is 0. The lowest BCUT2D eigenvalue weighted by Crippen LogP contribution is -2.08. The van der Waals surface area contributed by atoms with Crippen LogP contribution in [0.4, 0.5) is 0 Å². The van der Waals surface area contributed by atoms with Crippen LogP contribution >= 0.6 is 0 Å². The van der Waals surface area contributed by atoms with Crippen molar-refractivity contribution in [1.29, 1.82) is 0 Å². The molecule has 0 rings (SSSR count). The quantitative estimate of drug-likeness (QED) is 0.567. The zero-order chi connectivity index (χ0) is 7.28. The predicted molar refractivity (Wildman–Crippen MR) is 38.9 cm³/mol. The van der Waals surface area contributed by atoms with E-state index in [1.54, 1.807) is 0 Å². The molecule has 0 amide bonds.